The highest BCUT2D eigenvalue weighted by Gasteiger charge is 2.39. The van der Waals surface area contributed by atoms with E-state index in [1.807, 2.05) is 0 Å². The van der Waals surface area contributed by atoms with Gasteiger partial charge in [0.2, 0.25) is 0 Å². The van der Waals surface area contributed by atoms with Crippen LogP contribution in [-0.4, -0.2) is 72.4 Å². The second-order valence-electron chi connectivity index (χ2n) is 7.13. The first-order valence-electron chi connectivity index (χ1n) is 8.94. The second kappa shape index (κ2) is 7.91. The van der Waals surface area contributed by atoms with E-state index in [1.54, 1.807) is 0 Å². The summed E-state index contributed by atoms with van der Waals surface area (Å²) in [5, 5.41) is 13.5. The molecule has 1 aliphatic heterocycles. The van der Waals surface area contributed by atoms with Gasteiger partial charge in [0.15, 0.2) is 0 Å². The lowest BCUT2D eigenvalue weighted by atomic mass is 9.78. The Morgan fingerprint density at radius 2 is 2.05 bits per heavy atom. The summed E-state index contributed by atoms with van der Waals surface area (Å²) in [5.74, 6) is 0. The van der Waals surface area contributed by atoms with E-state index in [4.69, 9.17) is 0 Å². The molecule has 0 amide bonds. The molecule has 1 heterocycles. The first-order valence-corrected chi connectivity index (χ1v) is 8.94. The summed E-state index contributed by atoms with van der Waals surface area (Å²) in [7, 11) is 2.25. The van der Waals surface area contributed by atoms with E-state index in [-0.39, 0.29) is 12.1 Å². The van der Waals surface area contributed by atoms with E-state index < -0.39 is 0 Å². The van der Waals surface area contributed by atoms with E-state index in [2.05, 4.69) is 36.0 Å². The van der Waals surface area contributed by atoms with E-state index >= 15 is 0 Å². The molecule has 1 saturated carbocycles. The summed E-state index contributed by atoms with van der Waals surface area (Å²) >= 11 is 0. The van der Waals surface area contributed by atoms with Gasteiger partial charge in [-0.25, -0.2) is 0 Å². The van der Waals surface area contributed by atoms with E-state index in [1.165, 1.54) is 45.3 Å². The first-order chi connectivity index (χ1) is 10.1. The van der Waals surface area contributed by atoms with E-state index in [0.29, 0.717) is 12.1 Å². The number of hydrogen-bond acceptors (Lipinski definition) is 4. The van der Waals surface area contributed by atoms with Gasteiger partial charge in [0.1, 0.15) is 0 Å². The number of aliphatic hydroxyl groups is 1. The van der Waals surface area contributed by atoms with Gasteiger partial charge in [-0.15, -0.1) is 0 Å². The van der Waals surface area contributed by atoms with Crippen LogP contribution in [0.5, 0.6) is 0 Å². The molecule has 3 atom stereocenters. The average molecular weight is 297 g/mol. The molecule has 2 N–H and O–H groups in total. The molecule has 1 aliphatic carbocycles. The normalized spacial score (nSPS) is 36.6. The fourth-order valence-corrected chi connectivity index (χ4v) is 4.46. The second-order valence-corrected chi connectivity index (χ2v) is 7.13. The molecule has 4 heteroatoms. The standard InChI is InChI=1S/C17H35N3O/c1-4-15-13-19(3)10-7-11-20(15)16-8-6-9-17(12-16,14-21)18-5-2/h15-16,18,21H,4-14H2,1-3H3. The van der Waals surface area contributed by atoms with Crippen molar-refractivity contribution in [1.29, 1.82) is 0 Å². The van der Waals surface area contributed by atoms with Crippen molar-refractivity contribution in [2.45, 2.75) is 70.0 Å². The third-order valence-corrected chi connectivity index (χ3v) is 5.56. The number of aliphatic hydroxyl groups excluding tert-OH is 1. The SMILES string of the molecule is CCNC1(CO)CCCC(N2CCCN(C)CC2CC)C1. The molecular formula is C17H35N3O. The van der Waals surface area contributed by atoms with Gasteiger partial charge in [0.05, 0.1) is 6.61 Å². The fourth-order valence-electron chi connectivity index (χ4n) is 4.46. The maximum atomic E-state index is 9.92. The summed E-state index contributed by atoms with van der Waals surface area (Å²) < 4.78 is 0. The molecule has 2 rings (SSSR count). The molecule has 124 valence electrons. The summed E-state index contributed by atoms with van der Waals surface area (Å²) in [6.07, 6.45) is 7.27. The summed E-state index contributed by atoms with van der Waals surface area (Å²) in [4.78, 5) is 5.25. The average Bonchev–Trinajstić information content (AvgIpc) is 2.69. The van der Waals surface area contributed by atoms with Crippen molar-refractivity contribution >= 4 is 0 Å². The van der Waals surface area contributed by atoms with E-state index in [0.717, 1.165) is 19.4 Å². The minimum atomic E-state index is -0.0336. The molecule has 1 saturated heterocycles. The Bertz CT molecular complexity index is 308. The summed E-state index contributed by atoms with van der Waals surface area (Å²) in [5.41, 5.74) is -0.0336. The van der Waals surface area contributed by atoms with Crippen LogP contribution in [0.2, 0.25) is 0 Å². The van der Waals surface area contributed by atoms with Crippen molar-refractivity contribution in [1.82, 2.24) is 15.1 Å². The van der Waals surface area contributed by atoms with Gasteiger partial charge in [-0.2, -0.15) is 0 Å². The van der Waals surface area contributed by atoms with Gasteiger partial charge in [0, 0.05) is 24.2 Å². The fraction of sp³-hybridized carbons (Fsp3) is 1.00. The summed E-state index contributed by atoms with van der Waals surface area (Å²) in [6.45, 7) is 9.34. The third-order valence-electron chi connectivity index (χ3n) is 5.56. The third kappa shape index (κ3) is 4.19. The zero-order chi connectivity index (χ0) is 15.3. The molecular weight excluding hydrogens is 262 g/mol. The molecule has 2 aliphatic rings. The van der Waals surface area contributed by atoms with Crippen molar-refractivity contribution in [3.8, 4) is 0 Å². The van der Waals surface area contributed by atoms with Crippen LogP contribution in [0.3, 0.4) is 0 Å². The van der Waals surface area contributed by atoms with Crippen LogP contribution >= 0.6 is 0 Å². The van der Waals surface area contributed by atoms with Gasteiger partial charge in [-0.3, -0.25) is 4.90 Å². The van der Waals surface area contributed by atoms with Crippen LogP contribution in [0.25, 0.3) is 0 Å². The largest absolute Gasteiger partial charge is 0.394 e. The zero-order valence-electron chi connectivity index (χ0n) is 14.3. The van der Waals surface area contributed by atoms with Crippen molar-refractivity contribution in [2.24, 2.45) is 0 Å². The van der Waals surface area contributed by atoms with Crippen molar-refractivity contribution < 1.29 is 5.11 Å². The van der Waals surface area contributed by atoms with Crippen molar-refractivity contribution in [2.75, 3.05) is 39.8 Å². The molecule has 0 spiro atoms. The van der Waals surface area contributed by atoms with Gasteiger partial charge in [-0.1, -0.05) is 13.8 Å². The monoisotopic (exact) mass is 297 g/mol. The Kier molecular flexibility index (Phi) is 6.48. The molecule has 0 aromatic heterocycles. The summed E-state index contributed by atoms with van der Waals surface area (Å²) in [6, 6.07) is 1.32. The number of rotatable bonds is 5. The Morgan fingerprint density at radius 1 is 1.24 bits per heavy atom. The Morgan fingerprint density at radius 3 is 2.71 bits per heavy atom. The smallest absolute Gasteiger partial charge is 0.0613 e. The van der Waals surface area contributed by atoms with Crippen LogP contribution in [0.1, 0.15) is 52.4 Å². The lowest BCUT2D eigenvalue weighted by molar-refractivity contribution is 0.0388. The quantitative estimate of drug-likeness (QED) is 0.810. The van der Waals surface area contributed by atoms with Gasteiger partial charge in [-0.05, 0) is 65.2 Å². The Labute approximate surface area is 130 Å². The van der Waals surface area contributed by atoms with E-state index in [9.17, 15) is 5.11 Å². The number of hydrogen-bond donors (Lipinski definition) is 2. The Hall–Kier alpha value is -0.160. The van der Waals surface area contributed by atoms with Gasteiger partial charge >= 0.3 is 0 Å². The number of nitrogens with zero attached hydrogens (tertiary/aromatic N) is 2. The van der Waals surface area contributed by atoms with Crippen LogP contribution in [-0.2, 0) is 0 Å². The van der Waals surface area contributed by atoms with Crippen LogP contribution < -0.4 is 5.32 Å². The lowest BCUT2D eigenvalue weighted by Crippen LogP contribution is -2.57. The molecule has 2 fully saturated rings. The van der Waals surface area contributed by atoms with Crippen LogP contribution in [0, 0.1) is 0 Å². The Balaban J connectivity index is 2.07. The maximum absolute atomic E-state index is 9.92. The number of likely N-dealkylation sites (N-methyl/N-ethyl adjacent to an activating group) is 2. The lowest BCUT2D eigenvalue weighted by Gasteiger charge is -2.46. The van der Waals surface area contributed by atoms with Crippen molar-refractivity contribution in [3.05, 3.63) is 0 Å². The maximum Gasteiger partial charge on any atom is 0.0613 e. The molecule has 0 bridgehead atoms. The van der Waals surface area contributed by atoms with Crippen LogP contribution in [0.15, 0.2) is 0 Å². The molecule has 0 aromatic carbocycles. The topological polar surface area (TPSA) is 38.7 Å². The highest BCUT2D eigenvalue weighted by atomic mass is 16.3. The molecule has 0 aromatic rings. The number of nitrogens with one attached hydrogen (secondary N) is 1. The van der Waals surface area contributed by atoms with Gasteiger partial charge < -0.3 is 15.3 Å². The molecule has 0 radical (unpaired) electrons. The van der Waals surface area contributed by atoms with Crippen LogP contribution in [0.4, 0.5) is 0 Å². The predicted molar refractivity (Wildman–Crippen MR) is 88.6 cm³/mol. The minimum Gasteiger partial charge on any atom is -0.394 e. The highest BCUT2D eigenvalue weighted by Crippen LogP contribution is 2.33. The predicted octanol–water partition coefficient (Wildman–Crippen LogP) is 1.69. The minimum absolute atomic E-state index is 0.0336. The van der Waals surface area contributed by atoms with Gasteiger partial charge in [0.25, 0.3) is 0 Å². The molecule has 4 nitrogen and oxygen atoms in total. The highest BCUT2D eigenvalue weighted by molar-refractivity contribution is 4.98. The molecule has 21 heavy (non-hydrogen) atoms. The first kappa shape index (κ1) is 17.2. The van der Waals surface area contributed by atoms with Crippen molar-refractivity contribution in [3.63, 3.8) is 0 Å². The molecule has 3 unspecified atom stereocenters. The zero-order valence-corrected chi connectivity index (χ0v) is 14.3.